The van der Waals surface area contributed by atoms with Crippen molar-refractivity contribution in [1.29, 1.82) is 0 Å². The lowest BCUT2D eigenvalue weighted by Crippen LogP contribution is -2.33. The Morgan fingerprint density at radius 2 is 1.07 bits per heavy atom. The van der Waals surface area contributed by atoms with E-state index >= 15 is 0 Å². The van der Waals surface area contributed by atoms with E-state index in [1.807, 2.05) is 0 Å². The number of unbranched alkanes of at least 4 members (excludes halogenated alkanes) is 3. The zero-order valence-corrected chi connectivity index (χ0v) is 22.6. The van der Waals surface area contributed by atoms with Crippen LogP contribution in [-0.2, 0) is 0 Å². The SMILES string of the molecule is C=CC[Si](CC=NCCCCCC[Si](CC=C)(CCC)CCC)(CCC)CCC. The summed E-state index contributed by atoms with van der Waals surface area (Å²) < 4.78 is 0. The van der Waals surface area contributed by atoms with E-state index in [9.17, 15) is 0 Å². The molecule has 0 atom stereocenters. The summed E-state index contributed by atoms with van der Waals surface area (Å²) in [5, 5.41) is 0. The lowest BCUT2D eigenvalue weighted by molar-refractivity contribution is 0.668. The molecule has 0 rings (SSSR count). The molecule has 0 aliphatic carbocycles. The van der Waals surface area contributed by atoms with Crippen molar-refractivity contribution in [3.05, 3.63) is 25.3 Å². The van der Waals surface area contributed by atoms with Gasteiger partial charge in [-0.05, 0) is 30.8 Å². The van der Waals surface area contributed by atoms with Gasteiger partial charge in [-0.3, -0.25) is 4.99 Å². The lowest BCUT2D eigenvalue weighted by Gasteiger charge is -2.30. The maximum absolute atomic E-state index is 4.81. The normalized spacial score (nSPS) is 12.6. The molecule has 0 saturated carbocycles. The average molecular weight is 436 g/mol. The van der Waals surface area contributed by atoms with Crippen molar-refractivity contribution in [3.63, 3.8) is 0 Å². The van der Waals surface area contributed by atoms with Gasteiger partial charge in [-0.25, -0.2) is 0 Å². The highest BCUT2D eigenvalue weighted by atomic mass is 28.3. The quantitative estimate of drug-likeness (QED) is 0.0736. The number of aliphatic imine (C=N–C) groups is 1. The predicted octanol–water partition coefficient (Wildman–Crippen LogP) is 9.53. The largest absolute Gasteiger partial charge is 0.298 e. The number of hydrogen-bond donors (Lipinski definition) is 0. The Morgan fingerprint density at radius 1 is 0.586 bits per heavy atom. The van der Waals surface area contributed by atoms with Crippen LogP contribution in [0.15, 0.2) is 30.3 Å². The topological polar surface area (TPSA) is 12.4 Å². The summed E-state index contributed by atoms with van der Waals surface area (Å²) in [7, 11) is -2.27. The molecule has 29 heavy (non-hydrogen) atoms. The molecule has 0 aromatic carbocycles. The van der Waals surface area contributed by atoms with Crippen LogP contribution in [0.5, 0.6) is 0 Å². The molecule has 170 valence electrons. The molecule has 0 radical (unpaired) electrons. The van der Waals surface area contributed by atoms with Crippen molar-refractivity contribution in [2.75, 3.05) is 6.54 Å². The van der Waals surface area contributed by atoms with Gasteiger partial charge < -0.3 is 0 Å². The van der Waals surface area contributed by atoms with Crippen molar-refractivity contribution in [3.8, 4) is 0 Å². The van der Waals surface area contributed by atoms with E-state index in [-0.39, 0.29) is 0 Å². The summed E-state index contributed by atoms with van der Waals surface area (Å²) in [6.07, 6.45) is 17.5. The van der Waals surface area contributed by atoms with Crippen LogP contribution < -0.4 is 0 Å². The molecule has 3 heteroatoms. The number of nitrogens with zero attached hydrogens (tertiary/aromatic N) is 1. The van der Waals surface area contributed by atoms with Crippen molar-refractivity contribution >= 4 is 22.4 Å². The van der Waals surface area contributed by atoms with Crippen molar-refractivity contribution in [2.24, 2.45) is 4.99 Å². The fraction of sp³-hybridized carbons (Fsp3) is 0.808. The Labute approximate surface area is 186 Å². The monoisotopic (exact) mass is 435 g/mol. The molecule has 0 aromatic rings. The highest BCUT2D eigenvalue weighted by Crippen LogP contribution is 2.31. The maximum Gasteiger partial charge on any atom is 0.0626 e. The molecule has 0 spiro atoms. The van der Waals surface area contributed by atoms with Gasteiger partial charge >= 0.3 is 0 Å². The molecular weight excluding hydrogens is 382 g/mol. The van der Waals surface area contributed by atoms with Gasteiger partial charge in [0.1, 0.15) is 0 Å². The Hall–Kier alpha value is -0.416. The first-order valence-corrected chi connectivity index (χ1v) is 18.4. The number of rotatable bonds is 21. The second-order valence-electron chi connectivity index (χ2n) is 9.44. The molecule has 0 fully saturated rings. The summed E-state index contributed by atoms with van der Waals surface area (Å²) in [4.78, 5) is 4.81. The standard InChI is InChI=1S/C26H53NSi2/c1-7-19-28(20-8-2,21-9-3)25-16-14-13-15-17-27-18-26-29(22-10-4,23-11-5)24-12-6/h7,10,18H,1,4,8-9,11-17,19-26H2,2-3,5-6H3. The van der Waals surface area contributed by atoms with Crippen molar-refractivity contribution in [1.82, 2.24) is 0 Å². The van der Waals surface area contributed by atoms with E-state index in [2.05, 4.69) is 59.2 Å². The fourth-order valence-corrected chi connectivity index (χ4v) is 15.0. The molecule has 0 bridgehead atoms. The maximum atomic E-state index is 4.81. The van der Waals surface area contributed by atoms with Crippen molar-refractivity contribution < 1.29 is 0 Å². The van der Waals surface area contributed by atoms with E-state index in [1.54, 1.807) is 0 Å². The Morgan fingerprint density at radius 3 is 1.59 bits per heavy atom. The molecule has 0 N–H and O–H groups in total. The molecule has 0 aromatic heterocycles. The molecular formula is C26H53NSi2. The zero-order chi connectivity index (χ0) is 21.8. The molecule has 1 nitrogen and oxygen atoms in total. The minimum atomic E-state index is -1.19. The third kappa shape index (κ3) is 12.8. The average Bonchev–Trinajstić information content (AvgIpc) is 2.68. The predicted molar refractivity (Wildman–Crippen MR) is 143 cm³/mol. The van der Waals surface area contributed by atoms with Crippen LogP contribution in [0.3, 0.4) is 0 Å². The van der Waals surface area contributed by atoms with Gasteiger partial charge in [-0.2, -0.15) is 0 Å². The smallest absolute Gasteiger partial charge is 0.0626 e. The molecule has 0 unspecified atom stereocenters. The van der Waals surface area contributed by atoms with Crippen LogP contribution in [0.2, 0.25) is 48.4 Å². The first kappa shape index (κ1) is 28.6. The second-order valence-corrected chi connectivity index (χ2v) is 19.2. The number of hydrogen-bond acceptors (Lipinski definition) is 1. The van der Waals surface area contributed by atoms with Gasteiger partial charge in [0.15, 0.2) is 0 Å². The third-order valence-corrected chi connectivity index (χ3v) is 17.7. The summed E-state index contributed by atoms with van der Waals surface area (Å²) >= 11 is 0. The van der Waals surface area contributed by atoms with E-state index in [1.165, 1.54) is 99.7 Å². The first-order valence-electron chi connectivity index (χ1n) is 12.8. The first-order chi connectivity index (χ1) is 14.1. The Balaban J connectivity index is 4.24. The van der Waals surface area contributed by atoms with Crippen LogP contribution in [0.4, 0.5) is 0 Å². The second kappa shape index (κ2) is 18.4. The summed E-state index contributed by atoms with van der Waals surface area (Å²) in [5.41, 5.74) is 0. The van der Waals surface area contributed by atoms with Crippen LogP contribution in [0.25, 0.3) is 0 Å². The van der Waals surface area contributed by atoms with E-state index < -0.39 is 16.1 Å². The van der Waals surface area contributed by atoms with Gasteiger partial charge in [0, 0.05) is 6.54 Å². The van der Waals surface area contributed by atoms with E-state index in [4.69, 9.17) is 4.99 Å². The van der Waals surface area contributed by atoms with Gasteiger partial charge in [0.05, 0.1) is 16.1 Å². The summed E-state index contributed by atoms with van der Waals surface area (Å²) in [6, 6.07) is 11.3. The fourth-order valence-electron chi connectivity index (χ4n) is 5.44. The Bertz CT molecular complexity index is 418. The molecule has 0 amide bonds. The number of allylic oxidation sites excluding steroid dienone is 2. The van der Waals surface area contributed by atoms with Gasteiger partial charge in [-0.1, -0.05) is 115 Å². The minimum absolute atomic E-state index is 1.04. The van der Waals surface area contributed by atoms with Gasteiger partial charge in [-0.15, -0.1) is 13.2 Å². The van der Waals surface area contributed by atoms with Crippen LogP contribution in [-0.4, -0.2) is 28.9 Å². The van der Waals surface area contributed by atoms with Crippen LogP contribution >= 0.6 is 0 Å². The third-order valence-electron chi connectivity index (χ3n) is 6.67. The van der Waals surface area contributed by atoms with E-state index in [0.29, 0.717) is 0 Å². The molecule has 0 heterocycles. The lowest BCUT2D eigenvalue weighted by atomic mass is 10.2. The Kier molecular flexibility index (Phi) is 18.1. The molecule has 0 saturated heterocycles. The van der Waals surface area contributed by atoms with Crippen LogP contribution in [0, 0.1) is 0 Å². The summed E-state index contributed by atoms with van der Waals surface area (Å²) in [5.74, 6) is 0. The van der Waals surface area contributed by atoms with E-state index in [0.717, 1.165) is 6.54 Å². The molecule has 0 aliphatic heterocycles. The minimum Gasteiger partial charge on any atom is -0.298 e. The van der Waals surface area contributed by atoms with Crippen molar-refractivity contribution in [2.45, 2.75) is 127 Å². The zero-order valence-electron chi connectivity index (χ0n) is 20.6. The van der Waals surface area contributed by atoms with Gasteiger partial charge in [0.25, 0.3) is 0 Å². The molecule has 0 aliphatic rings. The highest BCUT2D eigenvalue weighted by molar-refractivity contribution is 6.82. The van der Waals surface area contributed by atoms with Crippen LogP contribution in [0.1, 0.15) is 79.1 Å². The highest BCUT2D eigenvalue weighted by Gasteiger charge is 2.29. The summed E-state index contributed by atoms with van der Waals surface area (Å²) in [6.45, 7) is 18.5. The van der Waals surface area contributed by atoms with Gasteiger partial charge in [0.2, 0.25) is 0 Å².